The molecule has 1 saturated heterocycles. The monoisotopic (exact) mass is 432 g/mol. The maximum absolute atomic E-state index is 14.0. The van der Waals surface area contributed by atoms with Gasteiger partial charge in [-0.05, 0) is 29.3 Å². The van der Waals surface area contributed by atoms with Crippen LogP contribution < -0.4 is 10.1 Å². The predicted octanol–water partition coefficient (Wildman–Crippen LogP) is 3.71. The van der Waals surface area contributed by atoms with E-state index in [2.05, 4.69) is 5.32 Å². The molecular weight excluding hydrogens is 411 g/mol. The lowest BCUT2D eigenvalue weighted by Crippen LogP contribution is -2.46. The number of carbonyl (C=O) groups excluding carboxylic acids is 3. The van der Waals surface area contributed by atoms with Crippen LogP contribution in [0.1, 0.15) is 21.5 Å². The molecule has 0 aliphatic carbocycles. The summed E-state index contributed by atoms with van der Waals surface area (Å²) in [5.74, 6) is -1.78. The molecule has 0 radical (unpaired) electrons. The first-order valence-electron chi connectivity index (χ1n) is 10.0. The molecule has 1 fully saturated rings. The maximum atomic E-state index is 14.0. The number of nitrogens with one attached hydrogen (secondary N) is 1. The number of methoxy groups -OCH3 is 1. The Bertz CT molecular complexity index is 1170. The Kier molecular flexibility index (Phi) is 5.73. The SMILES string of the molecule is COc1ccc(C(=O)CN2C(=O)NC(Cc3ccccc3)(c3ccccc3)C2=O)cc1F. The standard InChI is InChI=1S/C25H21FN2O4/c1-32-22-13-12-18(14-20(22)26)21(29)16-28-23(30)25(27-24(28)31,19-10-6-3-7-11-19)15-17-8-4-2-5-9-17/h2-14H,15-16H2,1H3,(H,27,31). The predicted molar refractivity (Wildman–Crippen MR) is 116 cm³/mol. The fourth-order valence-electron chi connectivity index (χ4n) is 3.89. The number of imide groups is 1. The minimum Gasteiger partial charge on any atom is -0.494 e. The second-order valence-corrected chi connectivity index (χ2v) is 7.53. The smallest absolute Gasteiger partial charge is 0.325 e. The Hall–Kier alpha value is -4.00. The third-order valence-corrected chi connectivity index (χ3v) is 5.53. The molecule has 0 spiro atoms. The number of hydrogen-bond acceptors (Lipinski definition) is 4. The first-order valence-corrected chi connectivity index (χ1v) is 10.0. The average Bonchev–Trinajstić information content (AvgIpc) is 3.05. The lowest BCUT2D eigenvalue weighted by atomic mass is 9.83. The fourth-order valence-corrected chi connectivity index (χ4v) is 3.89. The van der Waals surface area contributed by atoms with Crippen molar-refractivity contribution in [3.8, 4) is 5.75 Å². The van der Waals surface area contributed by atoms with E-state index in [9.17, 15) is 18.8 Å². The number of hydrogen-bond donors (Lipinski definition) is 1. The minimum absolute atomic E-state index is 0.00231. The molecule has 1 unspecified atom stereocenters. The van der Waals surface area contributed by atoms with E-state index in [0.717, 1.165) is 16.5 Å². The van der Waals surface area contributed by atoms with Gasteiger partial charge in [-0.25, -0.2) is 9.18 Å². The first kappa shape index (κ1) is 21.2. The molecule has 0 saturated carbocycles. The normalized spacial score (nSPS) is 17.9. The van der Waals surface area contributed by atoms with Crippen molar-refractivity contribution in [2.24, 2.45) is 0 Å². The highest BCUT2D eigenvalue weighted by Crippen LogP contribution is 2.33. The van der Waals surface area contributed by atoms with E-state index in [1.807, 2.05) is 36.4 Å². The van der Waals surface area contributed by atoms with Gasteiger partial charge in [-0.2, -0.15) is 0 Å². The van der Waals surface area contributed by atoms with Gasteiger partial charge in [0.15, 0.2) is 22.9 Å². The Morgan fingerprint density at radius 2 is 1.66 bits per heavy atom. The molecule has 0 bridgehead atoms. The molecule has 162 valence electrons. The topological polar surface area (TPSA) is 75.7 Å². The molecule has 3 aromatic carbocycles. The molecule has 7 heteroatoms. The van der Waals surface area contributed by atoms with Crippen molar-refractivity contribution in [2.75, 3.05) is 13.7 Å². The minimum atomic E-state index is -1.34. The van der Waals surface area contributed by atoms with Crippen LogP contribution in [0.3, 0.4) is 0 Å². The van der Waals surface area contributed by atoms with Gasteiger partial charge >= 0.3 is 6.03 Å². The molecule has 1 aliphatic heterocycles. The van der Waals surface area contributed by atoms with Crippen LogP contribution in [0.15, 0.2) is 78.9 Å². The summed E-state index contributed by atoms with van der Waals surface area (Å²) in [7, 11) is 1.32. The van der Waals surface area contributed by atoms with E-state index in [1.165, 1.54) is 19.2 Å². The lowest BCUT2D eigenvalue weighted by molar-refractivity contribution is -0.131. The number of urea groups is 1. The molecule has 3 aromatic rings. The molecule has 1 N–H and O–H groups in total. The molecule has 4 rings (SSSR count). The number of Topliss-reactive ketones (excluding diaryl/α,β-unsaturated/α-hetero) is 1. The Morgan fingerprint density at radius 1 is 1.00 bits per heavy atom. The summed E-state index contributed by atoms with van der Waals surface area (Å²) in [5.41, 5.74) is 0.178. The van der Waals surface area contributed by atoms with Crippen molar-refractivity contribution >= 4 is 17.7 Å². The van der Waals surface area contributed by atoms with Crippen LogP contribution in [0, 0.1) is 5.82 Å². The van der Waals surface area contributed by atoms with E-state index in [0.29, 0.717) is 5.56 Å². The zero-order valence-corrected chi connectivity index (χ0v) is 17.4. The van der Waals surface area contributed by atoms with Crippen LogP contribution in [-0.2, 0) is 16.8 Å². The Morgan fingerprint density at radius 3 is 2.28 bits per heavy atom. The quantitative estimate of drug-likeness (QED) is 0.456. The van der Waals surface area contributed by atoms with Gasteiger partial charge in [0.05, 0.1) is 13.7 Å². The maximum Gasteiger partial charge on any atom is 0.325 e. The van der Waals surface area contributed by atoms with E-state index in [4.69, 9.17) is 4.74 Å². The van der Waals surface area contributed by atoms with Crippen molar-refractivity contribution in [1.82, 2.24) is 10.2 Å². The molecule has 32 heavy (non-hydrogen) atoms. The lowest BCUT2D eigenvalue weighted by Gasteiger charge is -2.27. The van der Waals surface area contributed by atoms with Gasteiger partial charge in [0, 0.05) is 12.0 Å². The zero-order valence-electron chi connectivity index (χ0n) is 17.4. The van der Waals surface area contributed by atoms with Gasteiger partial charge < -0.3 is 10.1 Å². The fraction of sp³-hybridized carbons (Fsp3) is 0.160. The summed E-state index contributed by atoms with van der Waals surface area (Å²) in [4.78, 5) is 40.1. The first-order chi connectivity index (χ1) is 15.4. The van der Waals surface area contributed by atoms with Crippen molar-refractivity contribution in [2.45, 2.75) is 12.0 Å². The second kappa shape index (κ2) is 8.63. The third kappa shape index (κ3) is 3.85. The molecule has 1 heterocycles. The largest absolute Gasteiger partial charge is 0.494 e. The highest BCUT2D eigenvalue weighted by Gasteiger charge is 2.52. The number of ether oxygens (including phenoxy) is 1. The van der Waals surface area contributed by atoms with E-state index in [1.54, 1.807) is 24.3 Å². The zero-order chi connectivity index (χ0) is 22.7. The number of amides is 3. The van der Waals surface area contributed by atoms with Crippen molar-refractivity contribution in [1.29, 1.82) is 0 Å². The summed E-state index contributed by atoms with van der Waals surface area (Å²) >= 11 is 0. The highest BCUT2D eigenvalue weighted by molar-refractivity contribution is 6.11. The van der Waals surface area contributed by atoms with Gasteiger partial charge in [0.1, 0.15) is 0 Å². The van der Waals surface area contributed by atoms with Gasteiger partial charge in [0.2, 0.25) is 0 Å². The van der Waals surface area contributed by atoms with Crippen LogP contribution >= 0.6 is 0 Å². The highest BCUT2D eigenvalue weighted by atomic mass is 19.1. The molecular formula is C25H21FN2O4. The van der Waals surface area contributed by atoms with E-state index >= 15 is 0 Å². The molecule has 6 nitrogen and oxygen atoms in total. The van der Waals surface area contributed by atoms with Crippen LogP contribution in [-0.4, -0.2) is 36.3 Å². The van der Waals surface area contributed by atoms with Crippen LogP contribution in [0.25, 0.3) is 0 Å². The second-order valence-electron chi connectivity index (χ2n) is 7.53. The summed E-state index contributed by atoms with van der Waals surface area (Å²) in [6, 6.07) is 21.4. The summed E-state index contributed by atoms with van der Waals surface area (Å²) < 4.78 is 18.9. The van der Waals surface area contributed by atoms with Gasteiger partial charge in [0.25, 0.3) is 5.91 Å². The number of ketones is 1. The Labute approximate surface area is 184 Å². The molecule has 1 aliphatic rings. The van der Waals surface area contributed by atoms with Crippen molar-refractivity contribution in [3.63, 3.8) is 0 Å². The number of carbonyl (C=O) groups is 3. The molecule has 1 atom stereocenters. The average molecular weight is 432 g/mol. The van der Waals surface area contributed by atoms with E-state index < -0.39 is 35.6 Å². The molecule has 0 aromatic heterocycles. The Balaban J connectivity index is 1.65. The number of halogens is 1. The molecule has 3 amide bonds. The number of nitrogens with zero attached hydrogens (tertiary/aromatic N) is 1. The van der Waals surface area contributed by atoms with Crippen molar-refractivity contribution < 1.29 is 23.5 Å². The van der Waals surface area contributed by atoms with Crippen LogP contribution in [0.5, 0.6) is 5.75 Å². The van der Waals surface area contributed by atoms with Crippen LogP contribution in [0.2, 0.25) is 0 Å². The summed E-state index contributed by atoms with van der Waals surface area (Å²) in [6.07, 6.45) is 0.226. The summed E-state index contributed by atoms with van der Waals surface area (Å²) in [5, 5.41) is 2.81. The van der Waals surface area contributed by atoms with Gasteiger partial charge in [-0.1, -0.05) is 60.7 Å². The van der Waals surface area contributed by atoms with E-state index in [-0.39, 0.29) is 17.7 Å². The third-order valence-electron chi connectivity index (χ3n) is 5.53. The number of rotatable bonds is 7. The van der Waals surface area contributed by atoms with Gasteiger partial charge in [-0.15, -0.1) is 0 Å². The van der Waals surface area contributed by atoms with Crippen LogP contribution in [0.4, 0.5) is 9.18 Å². The van der Waals surface area contributed by atoms with Crippen molar-refractivity contribution in [3.05, 3.63) is 101 Å². The van der Waals surface area contributed by atoms with Gasteiger partial charge in [-0.3, -0.25) is 14.5 Å². The number of benzene rings is 3. The summed E-state index contributed by atoms with van der Waals surface area (Å²) in [6.45, 7) is -0.500.